The van der Waals surface area contributed by atoms with Crippen molar-refractivity contribution in [2.75, 3.05) is 0 Å². The fraction of sp³-hybridized carbons (Fsp3) is 0. The van der Waals surface area contributed by atoms with Crippen LogP contribution in [0.5, 0.6) is 0 Å². The number of halogens is 1. The van der Waals surface area contributed by atoms with Crippen LogP contribution in [0.3, 0.4) is 0 Å². The summed E-state index contributed by atoms with van der Waals surface area (Å²) in [7, 11) is 0. The van der Waals surface area contributed by atoms with Crippen LogP contribution in [0.1, 0.15) is 0 Å². The molecule has 0 saturated carbocycles. The summed E-state index contributed by atoms with van der Waals surface area (Å²) in [6.45, 7) is 0. The maximum atomic E-state index is 6.04. The van der Waals surface area contributed by atoms with Crippen molar-refractivity contribution >= 4 is 33.9 Å². The molecule has 0 atom stereocenters. The Morgan fingerprint density at radius 2 is 2.07 bits per heavy atom. The van der Waals surface area contributed by atoms with Crippen LogP contribution in [0, 0.1) is 0 Å². The molecule has 0 aliphatic heterocycles. The van der Waals surface area contributed by atoms with Crippen molar-refractivity contribution in [1.29, 1.82) is 0 Å². The van der Waals surface area contributed by atoms with Gasteiger partial charge in [0.15, 0.2) is 5.58 Å². The zero-order valence-electron chi connectivity index (χ0n) is 7.74. The third kappa shape index (κ3) is 1.46. The van der Waals surface area contributed by atoms with Crippen molar-refractivity contribution in [3.8, 4) is 10.6 Å². The van der Waals surface area contributed by atoms with Gasteiger partial charge in [0.05, 0.1) is 9.90 Å². The summed E-state index contributed by atoms with van der Waals surface area (Å²) < 4.78 is 5.72. The number of para-hydroxylation sites is 1. The van der Waals surface area contributed by atoms with Crippen molar-refractivity contribution in [3.63, 3.8) is 0 Å². The van der Waals surface area contributed by atoms with Gasteiger partial charge in [0, 0.05) is 5.39 Å². The average Bonchev–Trinajstić information content (AvgIpc) is 2.86. The molecule has 0 aliphatic rings. The first-order valence-electron chi connectivity index (χ1n) is 4.56. The SMILES string of the molecule is Clc1cccc2cc(-c3cccs3)oc12. The molecule has 2 aromatic heterocycles. The third-order valence-corrected chi connectivity index (χ3v) is 3.44. The zero-order valence-corrected chi connectivity index (χ0v) is 9.31. The van der Waals surface area contributed by atoms with Gasteiger partial charge >= 0.3 is 0 Å². The number of hydrogen-bond donors (Lipinski definition) is 0. The Bertz CT molecular complexity index is 595. The summed E-state index contributed by atoms with van der Waals surface area (Å²) in [6.07, 6.45) is 0. The lowest BCUT2D eigenvalue weighted by Crippen LogP contribution is -1.63. The summed E-state index contributed by atoms with van der Waals surface area (Å²) in [5.74, 6) is 0.883. The third-order valence-electron chi connectivity index (χ3n) is 2.26. The van der Waals surface area contributed by atoms with Crippen LogP contribution < -0.4 is 0 Å². The van der Waals surface area contributed by atoms with Gasteiger partial charge in [-0.15, -0.1) is 11.3 Å². The predicted molar refractivity (Wildman–Crippen MR) is 64.5 cm³/mol. The number of benzene rings is 1. The van der Waals surface area contributed by atoms with Gasteiger partial charge in [0.1, 0.15) is 5.76 Å². The van der Waals surface area contributed by atoms with Crippen LogP contribution in [-0.4, -0.2) is 0 Å². The Labute approximate surface area is 95.9 Å². The molecule has 1 nitrogen and oxygen atoms in total. The molecule has 0 spiro atoms. The molecule has 0 radical (unpaired) electrons. The van der Waals surface area contributed by atoms with Crippen LogP contribution >= 0.6 is 22.9 Å². The Morgan fingerprint density at radius 3 is 2.80 bits per heavy atom. The normalized spacial score (nSPS) is 11.0. The van der Waals surface area contributed by atoms with Crippen molar-refractivity contribution in [2.45, 2.75) is 0 Å². The molecule has 0 fully saturated rings. The van der Waals surface area contributed by atoms with Crippen molar-refractivity contribution in [2.24, 2.45) is 0 Å². The molecule has 0 unspecified atom stereocenters. The molecule has 0 aliphatic carbocycles. The lowest BCUT2D eigenvalue weighted by molar-refractivity contribution is 0.633. The van der Waals surface area contributed by atoms with Gasteiger partial charge in [0.2, 0.25) is 0 Å². The largest absolute Gasteiger partial charge is 0.454 e. The maximum absolute atomic E-state index is 6.04. The Balaban J connectivity index is 2.27. The molecule has 0 N–H and O–H groups in total. The van der Waals surface area contributed by atoms with Crippen LogP contribution in [0.4, 0.5) is 0 Å². The number of hydrogen-bond acceptors (Lipinski definition) is 2. The van der Waals surface area contributed by atoms with Gasteiger partial charge in [0.25, 0.3) is 0 Å². The van der Waals surface area contributed by atoms with Crippen molar-refractivity contribution < 1.29 is 4.42 Å². The van der Waals surface area contributed by atoms with E-state index >= 15 is 0 Å². The molecule has 3 aromatic rings. The van der Waals surface area contributed by atoms with Gasteiger partial charge in [-0.2, -0.15) is 0 Å². The van der Waals surface area contributed by atoms with Gasteiger partial charge in [-0.1, -0.05) is 29.8 Å². The van der Waals surface area contributed by atoms with E-state index < -0.39 is 0 Å². The molecule has 0 amide bonds. The second-order valence-electron chi connectivity index (χ2n) is 3.25. The topological polar surface area (TPSA) is 13.1 Å². The minimum atomic E-state index is 0.662. The summed E-state index contributed by atoms with van der Waals surface area (Å²) in [6, 6.07) is 11.8. The highest BCUT2D eigenvalue weighted by atomic mass is 35.5. The van der Waals surface area contributed by atoms with E-state index in [9.17, 15) is 0 Å². The van der Waals surface area contributed by atoms with E-state index in [0.29, 0.717) is 5.02 Å². The first-order chi connectivity index (χ1) is 7.34. The fourth-order valence-corrected chi connectivity index (χ4v) is 2.47. The Hall–Kier alpha value is -1.25. The van der Waals surface area contributed by atoms with Crippen LogP contribution in [0.2, 0.25) is 5.02 Å². The highest BCUT2D eigenvalue weighted by molar-refractivity contribution is 7.13. The molecule has 15 heavy (non-hydrogen) atoms. The lowest BCUT2D eigenvalue weighted by atomic mass is 10.2. The highest BCUT2D eigenvalue weighted by Crippen LogP contribution is 2.33. The smallest absolute Gasteiger partial charge is 0.153 e. The standard InChI is InChI=1S/C12H7ClOS/c13-9-4-1-3-8-7-10(14-12(8)9)11-5-2-6-15-11/h1-7H. The highest BCUT2D eigenvalue weighted by Gasteiger charge is 2.08. The van der Waals surface area contributed by atoms with Gasteiger partial charge < -0.3 is 4.42 Å². The van der Waals surface area contributed by atoms with E-state index in [-0.39, 0.29) is 0 Å². The first-order valence-corrected chi connectivity index (χ1v) is 5.82. The quantitative estimate of drug-likeness (QED) is 0.589. The molecule has 74 valence electrons. The van der Waals surface area contributed by atoms with Crippen molar-refractivity contribution in [3.05, 3.63) is 46.8 Å². The van der Waals surface area contributed by atoms with Gasteiger partial charge in [-0.25, -0.2) is 0 Å². The molecular weight excluding hydrogens is 228 g/mol. The first kappa shape index (κ1) is 9.01. The predicted octanol–water partition coefficient (Wildman–Crippen LogP) is 4.81. The molecule has 0 bridgehead atoms. The maximum Gasteiger partial charge on any atom is 0.153 e. The second-order valence-corrected chi connectivity index (χ2v) is 4.60. The summed E-state index contributed by atoms with van der Waals surface area (Å²) in [5, 5.41) is 3.74. The zero-order chi connectivity index (χ0) is 10.3. The minimum absolute atomic E-state index is 0.662. The number of rotatable bonds is 1. The fourth-order valence-electron chi connectivity index (χ4n) is 1.57. The molecular formula is C12H7ClOS. The minimum Gasteiger partial charge on any atom is -0.454 e. The van der Waals surface area contributed by atoms with E-state index in [1.807, 2.05) is 41.8 Å². The van der Waals surface area contributed by atoms with Gasteiger partial charge in [-0.3, -0.25) is 0 Å². The average molecular weight is 235 g/mol. The summed E-state index contributed by atoms with van der Waals surface area (Å²) in [5.41, 5.74) is 0.766. The summed E-state index contributed by atoms with van der Waals surface area (Å²) in [4.78, 5) is 1.13. The molecule has 0 saturated heterocycles. The number of thiophene rings is 1. The Morgan fingerprint density at radius 1 is 1.13 bits per heavy atom. The Kier molecular flexibility index (Phi) is 2.04. The van der Waals surface area contributed by atoms with E-state index in [1.165, 1.54) is 0 Å². The molecule has 2 heterocycles. The number of furan rings is 1. The van der Waals surface area contributed by atoms with Crippen molar-refractivity contribution in [1.82, 2.24) is 0 Å². The van der Waals surface area contributed by atoms with E-state index in [0.717, 1.165) is 21.6 Å². The van der Waals surface area contributed by atoms with Crippen LogP contribution in [-0.2, 0) is 0 Å². The molecule has 1 aromatic carbocycles. The monoisotopic (exact) mass is 234 g/mol. The lowest BCUT2D eigenvalue weighted by Gasteiger charge is -1.90. The van der Waals surface area contributed by atoms with Crippen LogP contribution in [0.25, 0.3) is 21.6 Å². The van der Waals surface area contributed by atoms with E-state index in [2.05, 4.69) is 0 Å². The second kappa shape index (κ2) is 3.40. The van der Waals surface area contributed by atoms with Gasteiger partial charge in [-0.05, 0) is 23.6 Å². The molecule has 3 heteroatoms. The number of fused-ring (bicyclic) bond motifs is 1. The van der Waals surface area contributed by atoms with E-state index in [4.69, 9.17) is 16.0 Å². The summed E-state index contributed by atoms with van der Waals surface area (Å²) >= 11 is 7.70. The van der Waals surface area contributed by atoms with E-state index in [1.54, 1.807) is 11.3 Å². The van der Waals surface area contributed by atoms with Crippen LogP contribution in [0.15, 0.2) is 46.2 Å². The molecule has 3 rings (SSSR count).